The first-order chi connectivity index (χ1) is 9.68. The monoisotopic (exact) mass is 284 g/mol. The summed E-state index contributed by atoms with van der Waals surface area (Å²) in [6, 6.07) is 11.9. The van der Waals surface area contributed by atoms with Crippen molar-refractivity contribution >= 4 is 28.1 Å². The predicted octanol–water partition coefficient (Wildman–Crippen LogP) is 4.06. The summed E-state index contributed by atoms with van der Waals surface area (Å²) in [5.74, 6) is 0.0407. The summed E-state index contributed by atoms with van der Waals surface area (Å²) < 4.78 is 0. The van der Waals surface area contributed by atoms with Gasteiger partial charge in [0, 0.05) is 23.5 Å². The van der Waals surface area contributed by atoms with Crippen LogP contribution < -0.4 is 0 Å². The van der Waals surface area contributed by atoms with Gasteiger partial charge in [0.1, 0.15) is 0 Å². The molecule has 3 rings (SSSR count). The number of para-hydroxylation sites is 1. The number of aromatic nitrogens is 1. The molecular weight excluding hydrogens is 268 g/mol. The van der Waals surface area contributed by atoms with Gasteiger partial charge >= 0.3 is 0 Å². The molecule has 1 unspecified atom stereocenters. The quantitative estimate of drug-likeness (QED) is 0.773. The van der Waals surface area contributed by atoms with Crippen LogP contribution in [0.3, 0.4) is 0 Å². The minimum absolute atomic E-state index is 0.0407. The van der Waals surface area contributed by atoms with Crippen molar-refractivity contribution in [2.45, 2.75) is 13.0 Å². The molecule has 102 valence electrons. The van der Waals surface area contributed by atoms with Crippen LogP contribution in [0.4, 0.5) is 0 Å². The number of hydrogen-bond acceptors (Lipinski definition) is 2. The number of amides is 1. The first-order valence-electron chi connectivity index (χ1n) is 6.55. The number of rotatable bonds is 3. The van der Waals surface area contributed by atoms with Crippen molar-refractivity contribution in [3.05, 3.63) is 58.4 Å². The fourth-order valence-electron chi connectivity index (χ4n) is 2.35. The molecule has 4 heteroatoms. The van der Waals surface area contributed by atoms with Crippen LogP contribution in [0.2, 0.25) is 0 Å². The molecule has 1 aromatic carbocycles. The molecule has 3 aromatic rings. The number of carbonyl (C=O) groups excluding carboxylic acids is 1. The fraction of sp³-hybridized carbons (Fsp3) is 0.188. The second-order valence-electron chi connectivity index (χ2n) is 4.85. The smallest absolute Gasteiger partial charge is 0.256 e. The van der Waals surface area contributed by atoms with E-state index in [0.29, 0.717) is 0 Å². The number of aromatic amines is 1. The van der Waals surface area contributed by atoms with Gasteiger partial charge in [0.25, 0.3) is 5.91 Å². The van der Waals surface area contributed by atoms with Gasteiger partial charge in [0.15, 0.2) is 0 Å². The Morgan fingerprint density at radius 3 is 2.85 bits per heavy atom. The highest BCUT2D eigenvalue weighted by Gasteiger charge is 2.21. The van der Waals surface area contributed by atoms with Crippen molar-refractivity contribution in [3.8, 4) is 0 Å². The van der Waals surface area contributed by atoms with E-state index < -0.39 is 0 Å². The predicted molar refractivity (Wildman–Crippen MR) is 83.1 cm³/mol. The maximum atomic E-state index is 12.7. The third-order valence-electron chi connectivity index (χ3n) is 3.67. The normalized spacial score (nSPS) is 12.5. The topological polar surface area (TPSA) is 36.1 Å². The third kappa shape index (κ3) is 2.12. The molecule has 1 atom stereocenters. The van der Waals surface area contributed by atoms with Crippen molar-refractivity contribution in [1.82, 2.24) is 9.88 Å². The number of hydrogen-bond donors (Lipinski definition) is 1. The van der Waals surface area contributed by atoms with Crippen LogP contribution >= 0.6 is 11.3 Å². The third-order valence-corrected chi connectivity index (χ3v) is 4.72. The number of H-pyrrole nitrogens is 1. The molecule has 0 aliphatic carbocycles. The molecule has 2 aromatic heterocycles. The first-order valence-corrected chi connectivity index (χ1v) is 7.43. The molecule has 2 heterocycles. The standard InChI is InChI=1S/C16H16N2OS/c1-11(14-7-4-10-20-14)18(2)16(19)13-6-3-5-12-8-9-17-15(12)13/h3-11,17H,1-2H3. The average molecular weight is 284 g/mol. The lowest BCUT2D eigenvalue weighted by atomic mass is 10.1. The Balaban J connectivity index is 1.94. The summed E-state index contributed by atoms with van der Waals surface area (Å²) in [5, 5.41) is 3.10. The van der Waals surface area contributed by atoms with Gasteiger partial charge in [0.2, 0.25) is 0 Å². The van der Waals surface area contributed by atoms with Crippen LogP contribution in [0.25, 0.3) is 10.9 Å². The van der Waals surface area contributed by atoms with Crippen LogP contribution in [0.15, 0.2) is 48.0 Å². The summed E-state index contributed by atoms with van der Waals surface area (Å²) in [5.41, 5.74) is 1.63. The highest BCUT2D eigenvalue weighted by Crippen LogP contribution is 2.26. The summed E-state index contributed by atoms with van der Waals surface area (Å²) in [7, 11) is 1.86. The lowest BCUT2D eigenvalue weighted by Gasteiger charge is -2.24. The molecule has 0 saturated carbocycles. The zero-order chi connectivity index (χ0) is 14.1. The molecule has 0 spiro atoms. The number of nitrogens with zero attached hydrogens (tertiary/aromatic N) is 1. The van der Waals surface area contributed by atoms with Crippen molar-refractivity contribution in [2.24, 2.45) is 0 Å². The van der Waals surface area contributed by atoms with Crippen LogP contribution in [0.5, 0.6) is 0 Å². The fourth-order valence-corrected chi connectivity index (χ4v) is 3.18. The van der Waals surface area contributed by atoms with E-state index in [0.717, 1.165) is 16.5 Å². The lowest BCUT2D eigenvalue weighted by Crippen LogP contribution is -2.29. The van der Waals surface area contributed by atoms with Crippen molar-refractivity contribution in [2.75, 3.05) is 7.05 Å². The summed E-state index contributed by atoms with van der Waals surface area (Å²) in [6.45, 7) is 2.05. The lowest BCUT2D eigenvalue weighted by molar-refractivity contribution is 0.0747. The highest BCUT2D eigenvalue weighted by molar-refractivity contribution is 7.10. The molecular formula is C16H16N2OS. The number of benzene rings is 1. The Labute approximate surface area is 121 Å². The van der Waals surface area contributed by atoms with E-state index in [4.69, 9.17) is 0 Å². The molecule has 1 N–H and O–H groups in total. The van der Waals surface area contributed by atoms with Crippen LogP contribution in [0.1, 0.15) is 28.2 Å². The van der Waals surface area contributed by atoms with Gasteiger partial charge in [-0.3, -0.25) is 4.79 Å². The Hall–Kier alpha value is -2.07. The number of fused-ring (bicyclic) bond motifs is 1. The minimum Gasteiger partial charge on any atom is -0.361 e. The number of carbonyl (C=O) groups is 1. The van der Waals surface area contributed by atoms with Gasteiger partial charge in [-0.1, -0.05) is 18.2 Å². The molecule has 3 nitrogen and oxygen atoms in total. The van der Waals surface area contributed by atoms with Gasteiger partial charge in [-0.2, -0.15) is 0 Å². The molecule has 1 amide bonds. The zero-order valence-corrected chi connectivity index (χ0v) is 12.3. The van der Waals surface area contributed by atoms with Gasteiger partial charge in [0.05, 0.1) is 17.1 Å². The van der Waals surface area contributed by atoms with E-state index in [1.165, 1.54) is 4.88 Å². The molecule has 20 heavy (non-hydrogen) atoms. The Morgan fingerprint density at radius 1 is 1.25 bits per heavy atom. The maximum Gasteiger partial charge on any atom is 0.256 e. The van der Waals surface area contributed by atoms with Crippen molar-refractivity contribution < 1.29 is 4.79 Å². The summed E-state index contributed by atoms with van der Waals surface area (Å²) in [6.07, 6.45) is 1.87. The largest absolute Gasteiger partial charge is 0.361 e. The van der Waals surface area contributed by atoms with Gasteiger partial charge in [-0.05, 0) is 30.5 Å². The Kier molecular flexibility index (Phi) is 3.32. The van der Waals surface area contributed by atoms with E-state index in [-0.39, 0.29) is 11.9 Å². The van der Waals surface area contributed by atoms with Crippen LogP contribution in [-0.2, 0) is 0 Å². The van der Waals surface area contributed by atoms with Gasteiger partial charge in [-0.25, -0.2) is 0 Å². The second kappa shape index (κ2) is 5.13. The van der Waals surface area contributed by atoms with E-state index in [1.54, 1.807) is 16.2 Å². The van der Waals surface area contributed by atoms with Gasteiger partial charge < -0.3 is 9.88 Å². The van der Waals surface area contributed by atoms with E-state index in [9.17, 15) is 4.79 Å². The minimum atomic E-state index is 0.0407. The maximum absolute atomic E-state index is 12.7. The van der Waals surface area contributed by atoms with E-state index >= 15 is 0 Å². The first kappa shape index (κ1) is 12.9. The second-order valence-corrected chi connectivity index (χ2v) is 5.83. The van der Waals surface area contributed by atoms with Crippen LogP contribution in [-0.4, -0.2) is 22.8 Å². The molecule has 0 fully saturated rings. The van der Waals surface area contributed by atoms with Crippen LogP contribution in [0, 0.1) is 0 Å². The van der Waals surface area contributed by atoms with E-state index in [2.05, 4.69) is 18.0 Å². The van der Waals surface area contributed by atoms with Gasteiger partial charge in [-0.15, -0.1) is 11.3 Å². The SMILES string of the molecule is CC(c1cccs1)N(C)C(=O)c1cccc2cc[nH]c12. The summed E-state index contributed by atoms with van der Waals surface area (Å²) in [4.78, 5) is 18.8. The highest BCUT2D eigenvalue weighted by atomic mass is 32.1. The molecule has 0 radical (unpaired) electrons. The number of thiophene rings is 1. The Morgan fingerprint density at radius 2 is 2.10 bits per heavy atom. The molecule has 0 aliphatic rings. The van der Waals surface area contributed by atoms with Crippen molar-refractivity contribution in [1.29, 1.82) is 0 Å². The van der Waals surface area contributed by atoms with Crippen molar-refractivity contribution in [3.63, 3.8) is 0 Å². The molecule has 0 bridgehead atoms. The molecule has 0 saturated heterocycles. The van der Waals surface area contributed by atoms with E-state index in [1.807, 2.05) is 49.0 Å². The average Bonchev–Trinajstić information content (AvgIpc) is 3.14. The molecule has 0 aliphatic heterocycles. The zero-order valence-electron chi connectivity index (χ0n) is 11.5. The number of nitrogens with one attached hydrogen (secondary N) is 1. The Bertz CT molecular complexity index is 730. The summed E-state index contributed by atoms with van der Waals surface area (Å²) >= 11 is 1.68.